The highest BCUT2D eigenvalue weighted by molar-refractivity contribution is 5.99. The predicted molar refractivity (Wildman–Crippen MR) is 122 cm³/mol. The first-order valence-electron chi connectivity index (χ1n) is 11.0. The lowest BCUT2D eigenvalue weighted by Crippen LogP contribution is -2.31. The molecule has 0 bridgehead atoms. The van der Waals surface area contributed by atoms with E-state index in [2.05, 4.69) is 15.7 Å². The van der Waals surface area contributed by atoms with Crippen molar-refractivity contribution in [1.29, 1.82) is 0 Å². The van der Waals surface area contributed by atoms with Gasteiger partial charge in [-0.25, -0.2) is 4.68 Å². The Bertz CT molecular complexity index is 1280. The average Bonchev–Trinajstić information content (AvgIpc) is 3.06. The topological polar surface area (TPSA) is 116 Å². The van der Waals surface area contributed by atoms with Crippen molar-refractivity contribution in [2.24, 2.45) is 0 Å². The van der Waals surface area contributed by atoms with Crippen LogP contribution in [0.15, 0.2) is 29.3 Å². The number of hydrogen-bond donors (Lipinski definition) is 2. The number of ether oxygens (including phenoxy) is 2. The Hall–Kier alpha value is -3.82. The maximum Gasteiger partial charge on any atom is 0.291 e. The summed E-state index contributed by atoms with van der Waals surface area (Å²) in [4.78, 5) is 38.4. The van der Waals surface area contributed by atoms with E-state index >= 15 is 0 Å². The second kappa shape index (κ2) is 9.35. The van der Waals surface area contributed by atoms with Gasteiger partial charge in [0.1, 0.15) is 31.6 Å². The van der Waals surface area contributed by atoms with Gasteiger partial charge in [0.05, 0.1) is 5.56 Å². The van der Waals surface area contributed by atoms with Crippen molar-refractivity contribution < 1.29 is 19.1 Å². The highest BCUT2D eigenvalue weighted by Crippen LogP contribution is 2.32. The third-order valence-corrected chi connectivity index (χ3v) is 5.60. The highest BCUT2D eigenvalue weighted by atomic mass is 16.6. The van der Waals surface area contributed by atoms with Gasteiger partial charge in [-0.1, -0.05) is 13.3 Å². The van der Waals surface area contributed by atoms with E-state index in [1.165, 1.54) is 6.33 Å². The van der Waals surface area contributed by atoms with Gasteiger partial charge in [0.15, 0.2) is 11.5 Å². The van der Waals surface area contributed by atoms with Crippen molar-refractivity contribution in [3.63, 3.8) is 0 Å². The maximum atomic E-state index is 13.1. The first kappa shape index (κ1) is 22.4. The molecule has 2 N–H and O–H groups in total. The van der Waals surface area contributed by atoms with E-state index in [4.69, 9.17) is 9.47 Å². The molecule has 10 heteroatoms. The molecule has 0 saturated heterocycles. The summed E-state index contributed by atoms with van der Waals surface area (Å²) >= 11 is 0. The monoisotopic (exact) mass is 453 g/mol. The van der Waals surface area contributed by atoms with Crippen LogP contribution in [0, 0.1) is 13.8 Å². The molecule has 1 aromatic carbocycles. The molecule has 2 amide bonds. The summed E-state index contributed by atoms with van der Waals surface area (Å²) in [6, 6.07) is 5.10. The molecule has 0 spiro atoms. The van der Waals surface area contributed by atoms with Crippen molar-refractivity contribution in [2.45, 2.75) is 40.2 Å². The molecular weight excluding hydrogens is 426 g/mol. The van der Waals surface area contributed by atoms with Crippen molar-refractivity contribution in [1.82, 2.24) is 19.5 Å². The van der Waals surface area contributed by atoms with Crippen molar-refractivity contribution in [3.05, 3.63) is 51.7 Å². The van der Waals surface area contributed by atoms with Crippen molar-refractivity contribution in [2.75, 3.05) is 25.1 Å². The Balaban J connectivity index is 1.55. The van der Waals surface area contributed by atoms with E-state index in [1.54, 1.807) is 36.4 Å². The summed E-state index contributed by atoms with van der Waals surface area (Å²) in [5, 5.41) is 9.78. The number of aryl methyl sites for hydroxylation is 2. The Kier molecular flexibility index (Phi) is 6.34. The zero-order valence-electron chi connectivity index (χ0n) is 18.9. The molecule has 10 nitrogen and oxygen atoms in total. The largest absolute Gasteiger partial charge is 0.486 e. The van der Waals surface area contributed by atoms with Gasteiger partial charge in [0, 0.05) is 24.0 Å². The van der Waals surface area contributed by atoms with Gasteiger partial charge in [-0.15, -0.1) is 0 Å². The number of unbranched alkanes of at least 4 members (excludes halogenated alkanes) is 1. The number of nitrogens with one attached hydrogen (secondary N) is 2. The van der Waals surface area contributed by atoms with Crippen LogP contribution in [0.1, 0.15) is 41.4 Å². The summed E-state index contributed by atoms with van der Waals surface area (Å²) in [5.74, 6) is 0.546. The molecule has 3 heterocycles. The molecule has 174 valence electrons. The third kappa shape index (κ3) is 4.41. The van der Waals surface area contributed by atoms with E-state index in [1.807, 2.05) is 6.92 Å². The molecule has 0 fully saturated rings. The number of carbonyl (C=O) groups is 2. The molecule has 33 heavy (non-hydrogen) atoms. The quantitative estimate of drug-likeness (QED) is 0.529. The second-order valence-electron chi connectivity index (χ2n) is 7.91. The lowest BCUT2D eigenvalue weighted by atomic mass is 10.1. The zero-order valence-corrected chi connectivity index (χ0v) is 18.9. The maximum absolute atomic E-state index is 13.1. The van der Waals surface area contributed by atoms with Gasteiger partial charge in [-0.3, -0.25) is 18.8 Å². The molecular formula is C23H27N5O5. The molecule has 1 aliphatic heterocycles. The lowest BCUT2D eigenvalue weighted by Gasteiger charge is -2.19. The van der Waals surface area contributed by atoms with Gasteiger partial charge in [0.2, 0.25) is 5.91 Å². The molecule has 0 aliphatic carbocycles. The molecule has 2 aromatic heterocycles. The van der Waals surface area contributed by atoms with Crippen molar-refractivity contribution in [3.8, 4) is 11.5 Å². The third-order valence-electron chi connectivity index (χ3n) is 5.60. The number of nitrogens with zero attached hydrogens (tertiary/aromatic N) is 3. The Labute approximate surface area is 190 Å². The molecule has 4 rings (SSSR count). The number of fused-ring (bicyclic) bond motifs is 2. The van der Waals surface area contributed by atoms with Crippen LogP contribution in [0.4, 0.5) is 5.69 Å². The van der Waals surface area contributed by atoms with E-state index in [9.17, 15) is 14.4 Å². The normalized spacial score (nSPS) is 12.6. The highest BCUT2D eigenvalue weighted by Gasteiger charge is 2.22. The number of benzene rings is 1. The van der Waals surface area contributed by atoms with Gasteiger partial charge in [-0.05, 0) is 38.0 Å². The van der Waals surface area contributed by atoms with Gasteiger partial charge < -0.3 is 20.1 Å². The molecule has 0 radical (unpaired) electrons. The van der Waals surface area contributed by atoms with Crippen LogP contribution in [0.2, 0.25) is 0 Å². The standard InChI is InChI=1S/C23H27N5O5/c1-4-5-8-24-22(30)20-14(2)21-23(31)28(25-13-27(21)15(20)3)12-19(29)26-16-6-7-17-18(11-16)33-10-9-32-17/h6-7,11,13H,4-5,8-10,12H2,1-3H3,(H,24,30)(H,26,29). The average molecular weight is 453 g/mol. The van der Waals surface area contributed by atoms with Crippen LogP contribution in [0.5, 0.6) is 11.5 Å². The van der Waals surface area contributed by atoms with Crippen LogP contribution < -0.4 is 25.7 Å². The van der Waals surface area contributed by atoms with Crippen molar-refractivity contribution >= 4 is 23.0 Å². The number of amides is 2. The van der Waals surface area contributed by atoms with Gasteiger partial charge >= 0.3 is 0 Å². The Morgan fingerprint density at radius 3 is 2.67 bits per heavy atom. The number of hydrogen-bond acceptors (Lipinski definition) is 6. The van der Waals surface area contributed by atoms with Gasteiger partial charge in [-0.2, -0.15) is 5.10 Å². The first-order valence-corrected chi connectivity index (χ1v) is 11.0. The van der Waals surface area contributed by atoms with Crippen LogP contribution in [-0.2, 0) is 11.3 Å². The zero-order chi connectivity index (χ0) is 23.5. The molecule has 0 saturated carbocycles. The first-order chi connectivity index (χ1) is 15.9. The Morgan fingerprint density at radius 2 is 1.91 bits per heavy atom. The predicted octanol–water partition coefficient (Wildman–Crippen LogP) is 2.05. The number of rotatable bonds is 7. The van der Waals surface area contributed by atoms with Gasteiger partial charge in [0.25, 0.3) is 11.5 Å². The summed E-state index contributed by atoms with van der Waals surface area (Å²) in [5.41, 5.74) is 2.07. The van der Waals surface area contributed by atoms with E-state index in [0.29, 0.717) is 59.3 Å². The molecule has 0 unspecified atom stereocenters. The molecule has 0 atom stereocenters. The fourth-order valence-corrected chi connectivity index (χ4v) is 3.93. The minimum absolute atomic E-state index is 0.218. The van der Waals surface area contributed by atoms with Crippen LogP contribution in [0.3, 0.4) is 0 Å². The fourth-order valence-electron chi connectivity index (χ4n) is 3.93. The minimum atomic E-state index is -0.442. The fraction of sp³-hybridized carbons (Fsp3) is 0.391. The van der Waals surface area contributed by atoms with E-state index in [-0.39, 0.29) is 12.5 Å². The molecule has 3 aromatic rings. The molecule has 1 aliphatic rings. The number of aromatic nitrogens is 3. The van der Waals surface area contributed by atoms with E-state index < -0.39 is 11.5 Å². The van der Waals surface area contributed by atoms with Crippen LogP contribution in [0.25, 0.3) is 5.52 Å². The summed E-state index contributed by atoms with van der Waals surface area (Å²) in [6.45, 7) is 6.78. The van der Waals surface area contributed by atoms with Crippen LogP contribution >= 0.6 is 0 Å². The Morgan fingerprint density at radius 1 is 1.15 bits per heavy atom. The summed E-state index contributed by atoms with van der Waals surface area (Å²) < 4.78 is 13.7. The SMILES string of the molecule is CCCCNC(=O)c1c(C)c2c(=O)n(CC(=O)Nc3ccc4c(c3)OCCO4)ncn2c1C. The minimum Gasteiger partial charge on any atom is -0.486 e. The van der Waals surface area contributed by atoms with E-state index in [0.717, 1.165) is 17.5 Å². The number of anilines is 1. The number of carbonyl (C=O) groups excluding carboxylic acids is 2. The second-order valence-corrected chi connectivity index (χ2v) is 7.91. The smallest absolute Gasteiger partial charge is 0.291 e. The summed E-state index contributed by atoms with van der Waals surface area (Å²) in [6.07, 6.45) is 3.31. The lowest BCUT2D eigenvalue weighted by molar-refractivity contribution is -0.117. The summed E-state index contributed by atoms with van der Waals surface area (Å²) in [7, 11) is 0. The van der Waals surface area contributed by atoms with Crippen LogP contribution in [-0.4, -0.2) is 45.8 Å².